The van der Waals surface area contributed by atoms with E-state index in [1.54, 1.807) is 18.3 Å². The zero-order chi connectivity index (χ0) is 27.2. The van der Waals surface area contributed by atoms with E-state index >= 15 is 0 Å². The summed E-state index contributed by atoms with van der Waals surface area (Å²) in [5, 5.41) is 18.5. The molecule has 11 heteroatoms. The molecular weight excluding hydrogens is 502 g/mol. The van der Waals surface area contributed by atoms with Gasteiger partial charge in [-0.25, -0.2) is 19.3 Å². The number of nitrogens with one attached hydrogen (secondary N) is 5. The molecule has 5 N–H and O–H groups in total. The molecule has 0 spiro atoms. The maximum Gasteiger partial charge on any atom is 0.250 e. The normalized spacial score (nSPS) is 14.4. The molecule has 1 saturated heterocycles. The zero-order valence-electron chi connectivity index (χ0n) is 21.5. The van der Waals surface area contributed by atoms with Gasteiger partial charge in [0.15, 0.2) is 5.82 Å². The van der Waals surface area contributed by atoms with Crippen LogP contribution in [0.2, 0.25) is 0 Å². The SMILES string of the molecule is COc1ncc(CNc2ccc(Cc3c[nH]c4ncc(/C(C=N)=C/NC5CCNCC5)cc34)c(F)n2)cc1F. The number of rotatable bonds is 10. The molecule has 0 aliphatic carbocycles. The number of allylic oxidation sites excluding steroid dienone is 1. The van der Waals surface area contributed by atoms with Gasteiger partial charge in [0.25, 0.3) is 0 Å². The first-order chi connectivity index (χ1) is 19.0. The van der Waals surface area contributed by atoms with E-state index in [1.807, 2.05) is 18.5 Å². The number of H-pyrrole nitrogens is 1. The Hall–Kier alpha value is -4.38. The van der Waals surface area contributed by atoms with E-state index in [-0.39, 0.29) is 12.4 Å². The van der Waals surface area contributed by atoms with Crippen LogP contribution >= 0.6 is 0 Å². The number of fused-ring (bicyclic) bond motifs is 1. The van der Waals surface area contributed by atoms with Crippen molar-refractivity contribution in [3.8, 4) is 5.88 Å². The maximum atomic E-state index is 15.0. The van der Waals surface area contributed by atoms with Crippen LogP contribution in [-0.4, -0.2) is 52.4 Å². The predicted molar refractivity (Wildman–Crippen MR) is 147 cm³/mol. The minimum atomic E-state index is -0.594. The fraction of sp³-hybridized carbons (Fsp3) is 0.286. The summed E-state index contributed by atoms with van der Waals surface area (Å²) in [5.74, 6) is -0.907. The van der Waals surface area contributed by atoms with Crippen LogP contribution in [0.3, 0.4) is 0 Å². The Morgan fingerprint density at radius 2 is 2.00 bits per heavy atom. The second-order valence-electron chi connectivity index (χ2n) is 9.38. The summed E-state index contributed by atoms with van der Waals surface area (Å²) in [7, 11) is 1.35. The van der Waals surface area contributed by atoms with E-state index in [0.29, 0.717) is 35.1 Å². The predicted octanol–water partition coefficient (Wildman–Crippen LogP) is 4.17. The molecule has 1 aliphatic heterocycles. The Kier molecular flexibility index (Phi) is 8.07. The van der Waals surface area contributed by atoms with Crippen LogP contribution in [0.25, 0.3) is 16.6 Å². The molecule has 0 amide bonds. The van der Waals surface area contributed by atoms with Gasteiger partial charge in [0.1, 0.15) is 11.5 Å². The van der Waals surface area contributed by atoms with E-state index in [9.17, 15) is 8.78 Å². The fourth-order valence-electron chi connectivity index (χ4n) is 4.57. The van der Waals surface area contributed by atoms with Gasteiger partial charge in [-0.1, -0.05) is 6.07 Å². The molecule has 39 heavy (non-hydrogen) atoms. The van der Waals surface area contributed by atoms with Crippen LogP contribution in [0.5, 0.6) is 5.88 Å². The minimum absolute atomic E-state index is 0.0779. The number of aromatic amines is 1. The minimum Gasteiger partial charge on any atom is -0.479 e. The molecule has 0 saturated carbocycles. The Morgan fingerprint density at radius 3 is 2.74 bits per heavy atom. The second-order valence-corrected chi connectivity index (χ2v) is 9.38. The summed E-state index contributed by atoms with van der Waals surface area (Å²) in [5.41, 5.74) is 4.10. The van der Waals surface area contributed by atoms with E-state index in [2.05, 4.69) is 35.9 Å². The van der Waals surface area contributed by atoms with E-state index in [1.165, 1.54) is 25.6 Å². The average Bonchev–Trinajstić information content (AvgIpc) is 3.36. The van der Waals surface area contributed by atoms with Gasteiger partial charge in [0.2, 0.25) is 11.8 Å². The number of ether oxygens (including phenoxy) is 1. The van der Waals surface area contributed by atoms with Gasteiger partial charge in [-0.05, 0) is 55.3 Å². The number of hydrogen-bond acceptors (Lipinski definition) is 8. The van der Waals surface area contributed by atoms with E-state index in [0.717, 1.165) is 48.0 Å². The monoisotopic (exact) mass is 532 g/mol. The number of methoxy groups -OCH3 is 1. The standard InChI is InChI=1S/C28H30F2N8O/c1-39-28-24(29)8-17(13-37-28)12-34-25-3-2-18(26(30)38-25)9-20-15-36-27-23(20)10-19(14-35-27)21(11-31)16-33-22-4-6-32-7-5-22/h2-3,8,10-11,13-16,22,31-33H,4-7,9,12H2,1H3,(H,34,38)(H,35,36)/b21-16+,31-11?. The smallest absolute Gasteiger partial charge is 0.250 e. The molecule has 0 atom stereocenters. The molecule has 5 rings (SSSR count). The number of hydrogen-bond donors (Lipinski definition) is 5. The molecule has 4 aromatic rings. The molecule has 1 fully saturated rings. The number of nitrogens with zero attached hydrogens (tertiary/aromatic N) is 3. The van der Waals surface area contributed by atoms with Gasteiger partial charge in [-0.15, -0.1) is 0 Å². The van der Waals surface area contributed by atoms with Crippen LogP contribution in [0.4, 0.5) is 14.6 Å². The highest BCUT2D eigenvalue weighted by atomic mass is 19.1. The van der Waals surface area contributed by atoms with Crippen molar-refractivity contribution < 1.29 is 13.5 Å². The van der Waals surface area contributed by atoms with Gasteiger partial charge in [-0.2, -0.15) is 4.39 Å². The summed E-state index contributed by atoms with van der Waals surface area (Å²) >= 11 is 0. The van der Waals surface area contributed by atoms with Crippen molar-refractivity contribution in [3.05, 3.63) is 83.1 Å². The highest BCUT2D eigenvalue weighted by Crippen LogP contribution is 2.25. The van der Waals surface area contributed by atoms with Crippen molar-refractivity contribution in [2.75, 3.05) is 25.5 Å². The highest BCUT2D eigenvalue weighted by molar-refractivity contribution is 6.09. The molecule has 0 aromatic carbocycles. The molecule has 0 bridgehead atoms. The van der Waals surface area contributed by atoms with Crippen LogP contribution in [0.15, 0.2) is 49.1 Å². The van der Waals surface area contributed by atoms with Gasteiger partial charge in [-0.3, -0.25) is 0 Å². The summed E-state index contributed by atoms with van der Waals surface area (Å²) < 4.78 is 33.7. The number of piperidine rings is 1. The molecule has 4 aromatic heterocycles. The number of anilines is 1. The first-order valence-corrected chi connectivity index (χ1v) is 12.8. The molecule has 5 heterocycles. The summed E-state index contributed by atoms with van der Waals surface area (Å²) in [6.45, 7) is 2.19. The quantitative estimate of drug-likeness (QED) is 0.153. The van der Waals surface area contributed by atoms with Gasteiger partial charge in [0, 0.05) is 72.1 Å². The largest absolute Gasteiger partial charge is 0.479 e. The summed E-state index contributed by atoms with van der Waals surface area (Å²) in [6.07, 6.45) is 10.6. The third-order valence-electron chi connectivity index (χ3n) is 6.76. The maximum absolute atomic E-state index is 15.0. The van der Waals surface area contributed by atoms with E-state index < -0.39 is 11.8 Å². The third-order valence-corrected chi connectivity index (χ3v) is 6.76. The zero-order valence-corrected chi connectivity index (χ0v) is 21.5. The summed E-state index contributed by atoms with van der Waals surface area (Å²) in [4.78, 5) is 15.6. The van der Waals surface area contributed by atoms with Crippen LogP contribution in [-0.2, 0) is 13.0 Å². The van der Waals surface area contributed by atoms with Crippen molar-refractivity contribution >= 4 is 28.6 Å². The Morgan fingerprint density at radius 1 is 1.15 bits per heavy atom. The lowest BCUT2D eigenvalue weighted by Crippen LogP contribution is -2.37. The molecular formula is C28H30F2N8O. The van der Waals surface area contributed by atoms with Crippen molar-refractivity contribution in [2.24, 2.45) is 0 Å². The molecule has 9 nitrogen and oxygen atoms in total. The van der Waals surface area contributed by atoms with Gasteiger partial charge in [0.05, 0.1) is 7.11 Å². The molecule has 1 aliphatic rings. The highest BCUT2D eigenvalue weighted by Gasteiger charge is 2.14. The fourth-order valence-corrected chi connectivity index (χ4v) is 4.57. The topological polar surface area (TPSA) is 124 Å². The van der Waals surface area contributed by atoms with Crippen molar-refractivity contribution in [3.63, 3.8) is 0 Å². The lowest BCUT2D eigenvalue weighted by molar-refractivity contribution is 0.368. The number of aromatic nitrogens is 4. The lowest BCUT2D eigenvalue weighted by atomic mass is 10.0. The lowest BCUT2D eigenvalue weighted by Gasteiger charge is -2.23. The number of pyridine rings is 3. The Labute approximate surface area is 224 Å². The van der Waals surface area contributed by atoms with Crippen LogP contribution in [0, 0.1) is 17.2 Å². The van der Waals surface area contributed by atoms with Crippen molar-refractivity contribution in [1.29, 1.82) is 5.41 Å². The van der Waals surface area contributed by atoms with Crippen LogP contribution in [0.1, 0.15) is 35.1 Å². The van der Waals surface area contributed by atoms with Crippen LogP contribution < -0.4 is 20.7 Å². The molecule has 0 unspecified atom stereocenters. The van der Waals surface area contributed by atoms with E-state index in [4.69, 9.17) is 10.1 Å². The Bertz CT molecular complexity index is 1500. The summed E-state index contributed by atoms with van der Waals surface area (Å²) in [6, 6.07) is 7.03. The Balaban J connectivity index is 1.29. The molecule has 0 radical (unpaired) electrons. The molecule has 202 valence electrons. The first-order valence-electron chi connectivity index (χ1n) is 12.8. The van der Waals surface area contributed by atoms with Crippen molar-refractivity contribution in [1.82, 2.24) is 30.6 Å². The number of halogens is 2. The van der Waals surface area contributed by atoms with Gasteiger partial charge >= 0.3 is 0 Å². The second kappa shape index (κ2) is 12.0. The average molecular weight is 533 g/mol. The third kappa shape index (κ3) is 6.20. The first kappa shape index (κ1) is 26.2. The van der Waals surface area contributed by atoms with Gasteiger partial charge < -0.3 is 31.1 Å². The van der Waals surface area contributed by atoms with Crippen molar-refractivity contribution in [2.45, 2.75) is 31.8 Å².